The van der Waals surface area contributed by atoms with Crippen LogP contribution in [-0.2, 0) is 5.41 Å². The van der Waals surface area contributed by atoms with Crippen molar-refractivity contribution in [3.8, 4) is 0 Å². The first-order chi connectivity index (χ1) is 8.97. The molecule has 0 saturated carbocycles. The maximum Gasteiger partial charge on any atom is 0.0332 e. The van der Waals surface area contributed by atoms with Gasteiger partial charge in [0.1, 0.15) is 0 Å². The Kier molecular flexibility index (Phi) is 2.90. The van der Waals surface area contributed by atoms with Crippen molar-refractivity contribution in [1.82, 2.24) is 0 Å². The number of halogens is 1. The van der Waals surface area contributed by atoms with E-state index in [1.54, 1.807) is 0 Å². The molecule has 0 aliphatic heterocycles. The zero-order chi connectivity index (χ0) is 13.6. The van der Waals surface area contributed by atoms with Gasteiger partial charge in [-0.1, -0.05) is 57.2 Å². The molecule has 3 aromatic rings. The van der Waals surface area contributed by atoms with Crippen molar-refractivity contribution in [2.24, 2.45) is 0 Å². The van der Waals surface area contributed by atoms with Gasteiger partial charge in [0, 0.05) is 4.47 Å². The van der Waals surface area contributed by atoms with E-state index in [0.717, 1.165) is 0 Å². The van der Waals surface area contributed by atoms with E-state index in [1.807, 2.05) is 0 Å². The van der Waals surface area contributed by atoms with Crippen molar-refractivity contribution in [1.29, 1.82) is 0 Å². The average molecular weight is 313 g/mol. The number of fused-ring (bicyclic) bond motifs is 2. The first-order valence-corrected chi connectivity index (χ1v) is 7.37. The van der Waals surface area contributed by atoms with Crippen LogP contribution in [0.1, 0.15) is 26.3 Å². The van der Waals surface area contributed by atoms with Gasteiger partial charge in [0.25, 0.3) is 0 Å². The third-order valence-corrected chi connectivity index (χ3v) is 4.52. The quantitative estimate of drug-likeness (QED) is 0.443. The maximum absolute atomic E-state index is 3.78. The first-order valence-electron chi connectivity index (χ1n) is 6.58. The summed E-state index contributed by atoms with van der Waals surface area (Å²) >= 11 is 3.78. The zero-order valence-electron chi connectivity index (χ0n) is 11.5. The molecule has 3 aromatic carbocycles. The van der Waals surface area contributed by atoms with Gasteiger partial charge >= 0.3 is 0 Å². The molecule has 1 heteroatoms. The standard InChI is InChI=1S/C18H17Br/c1-18(2,3)14-9-8-13-10-12-6-4-5-7-15(12)17(19)16(13)11-14/h4-11H,1-3H3. The lowest BCUT2D eigenvalue weighted by molar-refractivity contribution is 0.591. The Bertz CT molecular complexity index is 764. The molecule has 19 heavy (non-hydrogen) atoms. The normalized spacial score (nSPS) is 12.2. The Morgan fingerprint density at radius 2 is 1.47 bits per heavy atom. The van der Waals surface area contributed by atoms with Gasteiger partial charge in [-0.25, -0.2) is 0 Å². The lowest BCUT2D eigenvalue weighted by atomic mass is 9.85. The van der Waals surface area contributed by atoms with Gasteiger partial charge in [-0.2, -0.15) is 0 Å². The molecule has 0 bridgehead atoms. The molecule has 0 spiro atoms. The molecular weight excluding hydrogens is 296 g/mol. The highest BCUT2D eigenvalue weighted by Crippen LogP contribution is 2.35. The van der Waals surface area contributed by atoms with E-state index >= 15 is 0 Å². The highest BCUT2D eigenvalue weighted by atomic mass is 79.9. The van der Waals surface area contributed by atoms with Gasteiger partial charge in [-0.15, -0.1) is 0 Å². The lowest BCUT2D eigenvalue weighted by Crippen LogP contribution is -2.10. The largest absolute Gasteiger partial charge is 0.0616 e. The van der Waals surface area contributed by atoms with E-state index in [1.165, 1.54) is 31.6 Å². The van der Waals surface area contributed by atoms with Crippen molar-refractivity contribution in [3.05, 3.63) is 58.6 Å². The molecule has 3 rings (SSSR count). The molecule has 0 aromatic heterocycles. The number of rotatable bonds is 0. The molecule has 0 heterocycles. The second kappa shape index (κ2) is 4.35. The van der Waals surface area contributed by atoms with Crippen molar-refractivity contribution < 1.29 is 0 Å². The molecule has 0 atom stereocenters. The number of hydrogen-bond acceptors (Lipinski definition) is 0. The summed E-state index contributed by atoms with van der Waals surface area (Å²) in [5.41, 5.74) is 1.55. The maximum atomic E-state index is 3.78. The first kappa shape index (κ1) is 12.7. The van der Waals surface area contributed by atoms with Gasteiger partial charge in [0.05, 0.1) is 0 Å². The lowest BCUT2D eigenvalue weighted by Gasteiger charge is -2.20. The monoisotopic (exact) mass is 312 g/mol. The fourth-order valence-electron chi connectivity index (χ4n) is 2.47. The van der Waals surface area contributed by atoms with Crippen LogP contribution in [0, 0.1) is 0 Å². The fraction of sp³-hybridized carbons (Fsp3) is 0.222. The van der Waals surface area contributed by atoms with E-state index in [4.69, 9.17) is 0 Å². The van der Waals surface area contributed by atoms with Crippen LogP contribution in [0.5, 0.6) is 0 Å². The topological polar surface area (TPSA) is 0 Å². The van der Waals surface area contributed by atoms with Crippen LogP contribution in [0.3, 0.4) is 0 Å². The second-order valence-electron chi connectivity index (χ2n) is 6.10. The molecule has 0 amide bonds. The van der Waals surface area contributed by atoms with Crippen molar-refractivity contribution >= 4 is 37.5 Å². The van der Waals surface area contributed by atoms with Crippen molar-refractivity contribution in [2.45, 2.75) is 26.2 Å². The molecule has 0 nitrogen and oxygen atoms in total. The summed E-state index contributed by atoms with van der Waals surface area (Å²) in [6, 6.07) is 17.6. The third kappa shape index (κ3) is 2.17. The molecule has 96 valence electrons. The van der Waals surface area contributed by atoms with Gasteiger partial charge < -0.3 is 0 Å². The summed E-state index contributed by atoms with van der Waals surface area (Å²) in [6.07, 6.45) is 0. The van der Waals surface area contributed by atoms with E-state index in [9.17, 15) is 0 Å². The number of hydrogen-bond donors (Lipinski definition) is 0. The Balaban J connectivity index is 2.40. The van der Waals surface area contributed by atoms with Crippen LogP contribution >= 0.6 is 15.9 Å². The minimum atomic E-state index is 0.180. The van der Waals surface area contributed by atoms with Crippen LogP contribution in [-0.4, -0.2) is 0 Å². The Morgan fingerprint density at radius 1 is 0.789 bits per heavy atom. The summed E-state index contributed by atoms with van der Waals surface area (Å²) in [6.45, 7) is 6.76. The van der Waals surface area contributed by atoms with Crippen molar-refractivity contribution in [3.63, 3.8) is 0 Å². The predicted octanol–water partition coefficient (Wildman–Crippen LogP) is 6.05. The van der Waals surface area contributed by atoms with Crippen LogP contribution in [0.25, 0.3) is 21.5 Å². The van der Waals surface area contributed by atoms with Gasteiger partial charge in [-0.3, -0.25) is 0 Å². The summed E-state index contributed by atoms with van der Waals surface area (Å²) < 4.78 is 1.20. The summed E-state index contributed by atoms with van der Waals surface area (Å²) in [5.74, 6) is 0. The SMILES string of the molecule is CC(C)(C)c1ccc2cc3ccccc3c(Br)c2c1. The Morgan fingerprint density at radius 3 is 2.21 bits per heavy atom. The number of benzene rings is 3. The summed E-state index contributed by atoms with van der Waals surface area (Å²) in [4.78, 5) is 0. The van der Waals surface area contributed by atoms with Gasteiger partial charge in [0.2, 0.25) is 0 Å². The fourth-order valence-corrected chi connectivity index (χ4v) is 3.18. The smallest absolute Gasteiger partial charge is 0.0332 e. The highest BCUT2D eigenvalue weighted by Gasteiger charge is 2.15. The Labute approximate surface area is 122 Å². The minimum Gasteiger partial charge on any atom is -0.0616 e. The third-order valence-electron chi connectivity index (χ3n) is 3.66. The van der Waals surface area contributed by atoms with E-state index < -0.39 is 0 Å². The van der Waals surface area contributed by atoms with Crippen LogP contribution in [0.4, 0.5) is 0 Å². The molecule has 0 saturated heterocycles. The molecule has 0 fully saturated rings. The average Bonchev–Trinajstić information content (AvgIpc) is 2.37. The van der Waals surface area contributed by atoms with E-state index in [0.29, 0.717) is 0 Å². The van der Waals surface area contributed by atoms with E-state index in [-0.39, 0.29) is 5.41 Å². The summed E-state index contributed by atoms with van der Waals surface area (Å²) in [7, 11) is 0. The zero-order valence-corrected chi connectivity index (χ0v) is 13.1. The van der Waals surface area contributed by atoms with Crippen LogP contribution in [0.15, 0.2) is 53.0 Å². The van der Waals surface area contributed by atoms with E-state index in [2.05, 4.69) is 85.2 Å². The Hall–Kier alpha value is -1.34. The predicted molar refractivity (Wildman–Crippen MR) is 87.9 cm³/mol. The van der Waals surface area contributed by atoms with Gasteiger partial charge in [-0.05, 0) is 60.6 Å². The summed E-state index contributed by atoms with van der Waals surface area (Å²) in [5, 5.41) is 5.15. The molecule has 0 aliphatic rings. The molecular formula is C18H17Br. The molecule has 0 aliphatic carbocycles. The minimum absolute atomic E-state index is 0.180. The second-order valence-corrected chi connectivity index (χ2v) is 6.89. The van der Waals surface area contributed by atoms with Crippen molar-refractivity contribution in [2.75, 3.05) is 0 Å². The van der Waals surface area contributed by atoms with Crippen LogP contribution in [0.2, 0.25) is 0 Å². The van der Waals surface area contributed by atoms with Crippen LogP contribution < -0.4 is 0 Å². The molecule has 0 unspecified atom stereocenters. The highest BCUT2D eigenvalue weighted by molar-refractivity contribution is 9.10. The molecule has 0 N–H and O–H groups in total. The van der Waals surface area contributed by atoms with Gasteiger partial charge in [0.15, 0.2) is 0 Å². The molecule has 0 radical (unpaired) electrons.